The number of aliphatic carboxylic acids is 1. The second-order valence-electron chi connectivity index (χ2n) is 7.17. The first kappa shape index (κ1) is 21.6. The predicted molar refractivity (Wildman–Crippen MR) is 111 cm³/mol. The lowest BCUT2D eigenvalue weighted by atomic mass is 9.97. The fourth-order valence-corrected chi connectivity index (χ4v) is 3.87. The van der Waals surface area contributed by atoms with Crippen molar-refractivity contribution in [2.24, 2.45) is 5.92 Å². The Morgan fingerprint density at radius 2 is 1.86 bits per heavy atom. The Bertz CT molecular complexity index is 915. The van der Waals surface area contributed by atoms with Crippen LogP contribution in [-0.2, 0) is 22.6 Å². The van der Waals surface area contributed by atoms with Crippen LogP contribution in [-0.4, -0.2) is 35.0 Å². The minimum absolute atomic E-state index is 0.0696. The van der Waals surface area contributed by atoms with Crippen molar-refractivity contribution >= 4 is 40.8 Å². The fraction of sp³-hybridized carbons (Fsp3) is 0.333. The van der Waals surface area contributed by atoms with Crippen LogP contribution < -0.4 is 5.32 Å². The number of nitrogens with zero attached hydrogens (tertiary/aromatic N) is 1. The third-order valence-corrected chi connectivity index (χ3v) is 5.64. The minimum atomic E-state index is -0.727. The normalized spacial score (nSPS) is 15.3. The second kappa shape index (κ2) is 9.57. The number of amides is 1. The number of hydrogen-bond donors (Lipinski definition) is 2. The highest BCUT2D eigenvalue weighted by atomic mass is 35.5. The van der Waals surface area contributed by atoms with Gasteiger partial charge in [-0.2, -0.15) is 0 Å². The molecule has 5 nitrogen and oxygen atoms in total. The monoisotopic (exact) mass is 438 g/mol. The van der Waals surface area contributed by atoms with Gasteiger partial charge in [-0.25, -0.2) is 4.39 Å². The third-order valence-electron chi connectivity index (χ3n) is 4.99. The molecule has 0 aliphatic carbocycles. The average molecular weight is 439 g/mol. The number of carboxylic acid groups (broad SMARTS) is 1. The second-order valence-corrected chi connectivity index (χ2v) is 7.99. The van der Waals surface area contributed by atoms with Gasteiger partial charge in [-0.3, -0.25) is 14.5 Å². The first-order valence-corrected chi connectivity index (χ1v) is 10.0. The lowest BCUT2D eigenvalue weighted by molar-refractivity contribution is -0.143. The number of likely N-dealkylation sites (tertiary alicyclic amines) is 1. The molecule has 154 valence electrons. The van der Waals surface area contributed by atoms with Gasteiger partial charge in [0.2, 0.25) is 5.91 Å². The average Bonchev–Trinajstić information content (AvgIpc) is 2.67. The lowest BCUT2D eigenvalue weighted by Gasteiger charge is -2.30. The Hall–Kier alpha value is -2.15. The number of nitrogens with one attached hydrogen (secondary N) is 1. The van der Waals surface area contributed by atoms with Crippen molar-refractivity contribution in [3.05, 3.63) is 63.4 Å². The molecule has 1 fully saturated rings. The van der Waals surface area contributed by atoms with Crippen molar-refractivity contribution in [3.63, 3.8) is 0 Å². The molecule has 0 radical (unpaired) electrons. The Kier molecular flexibility index (Phi) is 7.11. The van der Waals surface area contributed by atoms with Gasteiger partial charge in [0.1, 0.15) is 5.82 Å². The van der Waals surface area contributed by atoms with Crippen LogP contribution in [0.1, 0.15) is 24.0 Å². The molecule has 0 bridgehead atoms. The molecular weight excluding hydrogens is 418 g/mol. The van der Waals surface area contributed by atoms with Crippen molar-refractivity contribution in [1.82, 2.24) is 4.90 Å². The number of hydrogen-bond acceptors (Lipinski definition) is 3. The number of benzene rings is 2. The molecule has 0 spiro atoms. The van der Waals surface area contributed by atoms with Crippen LogP contribution >= 0.6 is 23.2 Å². The van der Waals surface area contributed by atoms with Crippen LogP contribution in [0, 0.1) is 11.7 Å². The number of piperidine rings is 1. The molecule has 29 heavy (non-hydrogen) atoms. The van der Waals surface area contributed by atoms with Crippen molar-refractivity contribution in [1.29, 1.82) is 0 Å². The maximum Gasteiger partial charge on any atom is 0.306 e. The van der Waals surface area contributed by atoms with E-state index in [0.29, 0.717) is 30.6 Å². The predicted octanol–water partition coefficient (Wildman–Crippen LogP) is 4.61. The van der Waals surface area contributed by atoms with Gasteiger partial charge in [-0.1, -0.05) is 35.3 Å². The molecule has 1 saturated heterocycles. The van der Waals surface area contributed by atoms with E-state index < -0.39 is 11.8 Å². The van der Waals surface area contributed by atoms with Gasteiger partial charge in [0, 0.05) is 17.3 Å². The van der Waals surface area contributed by atoms with E-state index in [0.717, 1.165) is 18.7 Å². The van der Waals surface area contributed by atoms with Gasteiger partial charge in [-0.15, -0.1) is 0 Å². The maximum atomic E-state index is 13.6. The Balaban J connectivity index is 1.58. The van der Waals surface area contributed by atoms with Gasteiger partial charge in [-0.05, 0) is 61.3 Å². The number of carboxylic acids is 1. The summed E-state index contributed by atoms with van der Waals surface area (Å²) < 4.78 is 13.6. The SMILES string of the molecule is O=C(Cc1cc(F)c(Cl)cc1Cl)Nc1cccc(CN2CCC(C(=O)O)CC2)c1. The number of carbonyl (C=O) groups is 2. The molecule has 2 aromatic carbocycles. The molecule has 1 amide bonds. The van der Waals surface area contributed by atoms with Crippen LogP contribution in [0.3, 0.4) is 0 Å². The van der Waals surface area contributed by atoms with Crippen LogP contribution in [0.4, 0.5) is 10.1 Å². The molecule has 2 aromatic rings. The minimum Gasteiger partial charge on any atom is -0.481 e. The van der Waals surface area contributed by atoms with Crippen LogP contribution in [0.25, 0.3) is 0 Å². The third kappa shape index (κ3) is 5.92. The Labute approximate surface area is 178 Å². The summed E-state index contributed by atoms with van der Waals surface area (Å²) in [6.45, 7) is 2.15. The summed E-state index contributed by atoms with van der Waals surface area (Å²) in [6.07, 6.45) is 1.22. The van der Waals surface area contributed by atoms with Crippen molar-refractivity contribution < 1.29 is 19.1 Å². The van der Waals surface area contributed by atoms with E-state index in [1.165, 1.54) is 12.1 Å². The molecule has 0 atom stereocenters. The quantitative estimate of drug-likeness (QED) is 0.645. The summed E-state index contributed by atoms with van der Waals surface area (Å²) in [5.74, 6) is -1.92. The lowest BCUT2D eigenvalue weighted by Crippen LogP contribution is -2.35. The molecule has 0 saturated carbocycles. The Morgan fingerprint density at radius 1 is 1.14 bits per heavy atom. The standard InChI is InChI=1S/C21H21Cl2FN2O3/c22-17-11-18(23)19(24)9-15(17)10-20(27)25-16-3-1-2-13(8-16)12-26-6-4-14(5-7-26)21(28)29/h1-3,8-9,11,14H,4-7,10,12H2,(H,25,27)(H,28,29). The molecular formula is C21H21Cl2FN2O3. The largest absolute Gasteiger partial charge is 0.481 e. The van der Waals surface area contributed by atoms with Gasteiger partial charge in [0.05, 0.1) is 17.4 Å². The van der Waals surface area contributed by atoms with E-state index in [4.69, 9.17) is 28.3 Å². The molecule has 1 aliphatic rings. The zero-order valence-electron chi connectivity index (χ0n) is 15.6. The van der Waals surface area contributed by atoms with E-state index in [9.17, 15) is 14.0 Å². The van der Waals surface area contributed by atoms with Gasteiger partial charge >= 0.3 is 5.97 Å². The van der Waals surface area contributed by atoms with E-state index in [1.807, 2.05) is 18.2 Å². The van der Waals surface area contributed by atoms with Crippen LogP contribution in [0.15, 0.2) is 36.4 Å². The fourth-order valence-electron chi connectivity index (χ4n) is 3.42. The summed E-state index contributed by atoms with van der Waals surface area (Å²) >= 11 is 11.7. The zero-order chi connectivity index (χ0) is 21.0. The summed E-state index contributed by atoms with van der Waals surface area (Å²) in [5, 5.41) is 12.1. The van der Waals surface area contributed by atoms with E-state index in [-0.39, 0.29) is 28.3 Å². The molecule has 1 aliphatic heterocycles. The topological polar surface area (TPSA) is 69.6 Å². The number of halogens is 3. The highest BCUT2D eigenvalue weighted by Crippen LogP contribution is 2.25. The summed E-state index contributed by atoms with van der Waals surface area (Å²) in [6, 6.07) is 9.93. The van der Waals surface area contributed by atoms with E-state index >= 15 is 0 Å². The van der Waals surface area contributed by atoms with E-state index in [1.54, 1.807) is 6.07 Å². The first-order valence-electron chi connectivity index (χ1n) is 9.29. The van der Waals surface area contributed by atoms with Gasteiger partial charge in [0.15, 0.2) is 0 Å². The smallest absolute Gasteiger partial charge is 0.306 e. The van der Waals surface area contributed by atoms with Crippen molar-refractivity contribution in [2.45, 2.75) is 25.8 Å². The zero-order valence-corrected chi connectivity index (χ0v) is 17.1. The highest BCUT2D eigenvalue weighted by molar-refractivity contribution is 6.35. The molecule has 1 heterocycles. The maximum absolute atomic E-state index is 13.6. The number of carbonyl (C=O) groups excluding carboxylic acids is 1. The molecule has 0 unspecified atom stereocenters. The molecule has 0 aromatic heterocycles. The summed E-state index contributed by atoms with van der Waals surface area (Å²) in [4.78, 5) is 25.6. The van der Waals surface area contributed by atoms with E-state index in [2.05, 4.69) is 10.2 Å². The van der Waals surface area contributed by atoms with Crippen LogP contribution in [0.5, 0.6) is 0 Å². The highest BCUT2D eigenvalue weighted by Gasteiger charge is 2.24. The van der Waals surface area contributed by atoms with Crippen molar-refractivity contribution in [2.75, 3.05) is 18.4 Å². The Morgan fingerprint density at radius 3 is 2.55 bits per heavy atom. The molecule has 2 N–H and O–H groups in total. The van der Waals surface area contributed by atoms with Gasteiger partial charge < -0.3 is 10.4 Å². The summed E-state index contributed by atoms with van der Waals surface area (Å²) in [5.41, 5.74) is 2.02. The molecule has 8 heteroatoms. The van der Waals surface area contributed by atoms with Gasteiger partial charge in [0.25, 0.3) is 0 Å². The number of anilines is 1. The van der Waals surface area contributed by atoms with Crippen LogP contribution in [0.2, 0.25) is 10.0 Å². The molecule has 3 rings (SSSR count). The van der Waals surface area contributed by atoms with Crippen molar-refractivity contribution in [3.8, 4) is 0 Å². The number of rotatable bonds is 6. The summed E-state index contributed by atoms with van der Waals surface area (Å²) in [7, 11) is 0. The first-order chi connectivity index (χ1) is 13.8.